The van der Waals surface area contributed by atoms with Gasteiger partial charge in [0.1, 0.15) is 5.75 Å². The van der Waals surface area contributed by atoms with E-state index < -0.39 is 0 Å². The summed E-state index contributed by atoms with van der Waals surface area (Å²) in [5, 5.41) is 3.65. The molecule has 19 heavy (non-hydrogen) atoms. The molecule has 0 aromatic heterocycles. The van der Waals surface area contributed by atoms with Crippen LogP contribution in [0.25, 0.3) is 0 Å². The zero-order chi connectivity index (χ0) is 13.5. The standard InChI is InChI=1S/C15H20ClNO2/c16-13-8-4-5-9-14(13)19-11-10-15(18)17-12-6-2-1-3-7-12/h4-5,8-9,12H,1-3,6-7,10-11H2,(H,17,18). The summed E-state index contributed by atoms with van der Waals surface area (Å²) in [6.45, 7) is 0.363. The molecular weight excluding hydrogens is 262 g/mol. The Morgan fingerprint density at radius 3 is 2.74 bits per heavy atom. The Hall–Kier alpha value is -1.22. The molecule has 3 nitrogen and oxygen atoms in total. The van der Waals surface area contributed by atoms with Crippen molar-refractivity contribution in [2.75, 3.05) is 6.61 Å². The second-order valence-electron chi connectivity index (χ2n) is 4.93. The van der Waals surface area contributed by atoms with E-state index in [9.17, 15) is 4.79 Å². The van der Waals surface area contributed by atoms with Gasteiger partial charge < -0.3 is 10.1 Å². The molecule has 0 atom stereocenters. The van der Waals surface area contributed by atoms with Crippen LogP contribution in [0.3, 0.4) is 0 Å². The molecular formula is C15H20ClNO2. The number of nitrogens with one attached hydrogen (secondary N) is 1. The van der Waals surface area contributed by atoms with Crippen LogP contribution in [0, 0.1) is 0 Å². The van der Waals surface area contributed by atoms with Crippen molar-refractivity contribution in [2.45, 2.75) is 44.6 Å². The number of carbonyl (C=O) groups is 1. The van der Waals surface area contributed by atoms with E-state index in [4.69, 9.17) is 16.3 Å². The van der Waals surface area contributed by atoms with Gasteiger partial charge in [0.25, 0.3) is 0 Å². The van der Waals surface area contributed by atoms with E-state index in [0.29, 0.717) is 29.8 Å². The number of amides is 1. The largest absolute Gasteiger partial charge is 0.491 e. The fraction of sp³-hybridized carbons (Fsp3) is 0.533. The minimum atomic E-state index is 0.0685. The number of halogens is 1. The fourth-order valence-corrected chi connectivity index (χ4v) is 2.55. The van der Waals surface area contributed by atoms with Gasteiger partial charge in [-0.05, 0) is 25.0 Å². The van der Waals surface area contributed by atoms with Crippen LogP contribution in [-0.2, 0) is 4.79 Å². The molecule has 2 rings (SSSR count). The Kier molecular flexibility index (Phi) is 5.52. The third kappa shape index (κ3) is 4.75. The normalized spacial score (nSPS) is 16.1. The number of rotatable bonds is 5. The van der Waals surface area contributed by atoms with Crippen molar-refractivity contribution in [1.82, 2.24) is 5.32 Å². The van der Waals surface area contributed by atoms with Gasteiger partial charge in [0.05, 0.1) is 18.1 Å². The molecule has 104 valence electrons. The molecule has 1 fully saturated rings. The Bertz CT molecular complexity index is 416. The van der Waals surface area contributed by atoms with Crippen LogP contribution in [0.15, 0.2) is 24.3 Å². The van der Waals surface area contributed by atoms with Gasteiger partial charge in [0.2, 0.25) is 5.91 Å². The summed E-state index contributed by atoms with van der Waals surface area (Å²) in [6.07, 6.45) is 6.33. The third-order valence-electron chi connectivity index (χ3n) is 3.39. The number of hydrogen-bond acceptors (Lipinski definition) is 2. The summed E-state index contributed by atoms with van der Waals surface area (Å²) in [6, 6.07) is 7.66. The SMILES string of the molecule is O=C(CCOc1ccccc1Cl)NC1CCCCC1. The van der Waals surface area contributed by atoms with Crippen LogP contribution in [0.2, 0.25) is 5.02 Å². The summed E-state index contributed by atoms with van der Waals surface area (Å²) >= 11 is 5.97. The van der Waals surface area contributed by atoms with Crippen LogP contribution in [0.5, 0.6) is 5.75 Å². The third-order valence-corrected chi connectivity index (χ3v) is 3.71. The summed E-state index contributed by atoms with van der Waals surface area (Å²) in [5.41, 5.74) is 0. The van der Waals surface area contributed by atoms with Gasteiger partial charge in [0.15, 0.2) is 0 Å². The summed E-state index contributed by atoms with van der Waals surface area (Å²) in [4.78, 5) is 11.8. The lowest BCUT2D eigenvalue weighted by molar-refractivity contribution is -0.122. The van der Waals surface area contributed by atoms with Crippen molar-refractivity contribution >= 4 is 17.5 Å². The molecule has 1 aromatic carbocycles. The first-order valence-corrected chi connectivity index (χ1v) is 7.30. The minimum Gasteiger partial charge on any atom is -0.491 e. The molecule has 1 N–H and O–H groups in total. The first-order valence-electron chi connectivity index (χ1n) is 6.92. The molecule has 1 saturated carbocycles. The molecule has 1 aliphatic rings. The maximum atomic E-state index is 11.8. The van der Waals surface area contributed by atoms with Crippen molar-refractivity contribution in [3.8, 4) is 5.75 Å². The Labute approximate surface area is 119 Å². The fourth-order valence-electron chi connectivity index (χ4n) is 2.36. The molecule has 1 aliphatic carbocycles. The average molecular weight is 282 g/mol. The quantitative estimate of drug-likeness (QED) is 0.896. The number of hydrogen-bond donors (Lipinski definition) is 1. The number of carbonyl (C=O) groups excluding carboxylic acids is 1. The first-order chi connectivity index (χ1) is 9.25. The highest BCUT2D eigenvalue weighted by atomic mass is 35.5. The van der Waals surface area contributed by atoms with Crippen molar-refractivity contribution in [1.29, 1.82) is 0 Å². The molecule has 0 heterocycles. The van der Waals surface area contributed by atoms with Crippen LogP contribution in [-0.4, -0.2) is 18.6 Å². The highest BCUT2D eigenvalue weighted by Crippen LogP contribution is 2.23. The van der Waals surface area contributed by atoms with E-state index in [-0.39, 0.29) is 5.91 Å². The minimum absolute atomic E-state index is 0.0685. The molecule has 0 saturated heterocycles. The monoisotopic (exact) mass is 281 g/mol. The number of para-hydroxylation sites is 1. The smallest absolute Gasteiger partial charge is 0.223 e. The highest BCUT2D eigenvalue weighted by Gasteiger charge is 2.15. The molecule has 1 aromatic rings. The second kappa shape index (κ2) is 7.39. The topological polar surface area (TPSA) is 38.3 Å². The van der Waals surface area contributed by atoms with Crippen LogP contribution in [0.4, 0.5) is 0 Å². The molecule has 0 unspecified atom stereocenters. The van der Waals surface area contributed by atoms with Gasteiger partial charge in [-0.15, -0.1) is 0 Å². The lowest BCUT2D eigenvalue weighted by atomic mass is 9.95. The van der Waals surface area contributed by atoms with Crippen molar-refractivity contribution in [2.24, 2.45) is 0 Å². The zero-order valence-corrected chi connectivity index (χ0v) is 11.8. The first kappa shape index (κ1) is 14.2. The Balaban J connectivity index is 1.67. The van der Waals surface area contributed by atoms with Gasteiger partial charge in [-0.25, -0.2) is 0 Å². The van der Waals surface area contributed by atoms with Gasteiger partial charge in [-0.1, -0.05) is 43.0 Å². The predicted octanol–water partition coefficient (Wildman–Crippen LogP) is 3.56. The zero-order valence-electron chi connectivity index (χ0n) is 11.0. The predicted molar refractivity (Wildman–Crippen MR) is 76.6 cm³/mol. The van der Waals surface area contributed by atoms with Gasteiger partial charge in [-0.3, -0.25) is 4.79 Å². The molecule has 0 bridgehead atoms. The van der Waals surface area contributed by atoms with Crippen molar-refractivity contribution in [3.05, 3.63) is 29.3 Å². The highest BCUT2D eigenvalue weighted by molar-refractivity contribution is 6.32. The van der Waals surface area contributed by atoms with E-state index in [1.807, 2.05) is 12.1 Å². The van der Waals surface area contributed by atoms with E-state index in [1.54, 1.807) is 12.1 Å². The maximum absolute atomic E-state index is 11.8. The van der Waals surface area contributed by atoms with Gasteiger partial charge in [0, 0.05) is 6.04 Å². The summed E-state index contributed by atoms with van der Waals surface area (Å²) < 4.78 is 5.50. The van der Waals surface area contributed by atoms with Crippen molar-refractivity contribution in [3.63, 3.8) is 0 Å². The molecule has 0 aliphatic heterocycles. The van der Waals surface area contributed by atoms with E-state index in [0.717, 1.165) is 12.8 Å². The van der Waals surface area contributed by atoms with E-state index in [2.05, 4.69) is 5.32 Å². The van der Waals surface area contributed by atoms with Crippen molar-refractivity contribution < 1.29 is 9.53 Å². The second-order valence-corrected chi connectivity index (χ2v) is 5.34. The molecule has 0 radical (unpaired) electrons. The van der Waals surface area contributed by atoms with E-state index >= 15 is 0 Å². The number of benzene rings is 1. The van der Waals surface area contributed by atoms with Crippen LogP contribution in [0.1, 0.15) is 38.5 Å². The lowest BCUT2D eigenvalue weighted by Gasteiger charge is -2.22. The Morgan fingerprint density at radius 1 is 1.26 bits per heavy atom. The van der Waals surface area contributed by atoms with Crippen LogP contribution >= 0.6 is 11.6 Å². The lowest BCUT2D eigenvalue weighted by Crippen LogP contribution is -2.36. The summed E-state index contributed by atoms with van der Waals surface area (Å²) in [5.74, 6) is 0.702. The molecule has 1 amide bonds. The maximum Gasteiger partial charge on any atom is 0.223 e. The van der Waals surface area contributed by atoms with Gasteiger partial charge >= 0.3 is 0 Å². The molecule has 0 spiro atoms. The number of ether oxygens (including phenoxy) is 1. The van der Waals surface area contributed by atoms with Crippen LogP contribution < -0.4 is 10.1 Å². The van der Waals surface area contributed by atoms with E-state index in [1.165, 1.54) is 19.3 Å². The average Bonchev–Trinajstić information content (AvgIpc) is 2.42. The van der Waals surface area contributed by atoms with Gasteiger partial charge in [-0.2, -0.15) is 0 Å². The Morgan fingerprint density at radius 2 is 2.00 bits per heavy atom. The molecule has 4 heteroatoms. The summed E-state index contributed by atoms with van der Waals surface area (Å²) in [7, 11) is 0.